The molecule has 1 aromatic heterocycles. The van der Waals surface area contributed by atoms with E-state index in [9.17, 15) is 4.79 Å². The Hall–Kier alpha value is -1.36. The predicted molar refractivity (Wildman–Crippen MR) is 70.5 cm³/mol. The molecule has 0 aromatic carbocycles. The molecule has 1 aromatic rings. The maximum Gasteiger partial charge on any atom is 0.269 e. The summed E-state index contributed by atoms with van der Waals surface area (Å²) < 4.78 is 1.66. The van der Waals surface area contributed by atoms with Gasteiger partial charge in [0.25, 0.3) is 5.91 Å². The van der Waals surface area contributed by atoms with Gasteiger partial charge in [0.1, 0.15) is 5.69 Å². The molecule has 1 aliphatic heterocycles. The van der Waals surface area contributed by atoms with E-state index in [0.29, 0.717) is 11.7 Å². The fraction of sp³-hybridized carbons (Fsp3) is 0.692. The van der Waals surface area contributed by atoms with E-state index in [2.05, 4.69) is 22.7 Å². The van der Waals surface area contributed by atoms with Crippen molar-refractivity contribution in [3.05, 3.63) is 17.5 Å². The van der Waals surface area contributed by atoms with Crippen LogP contribution >= 0.6 is 0 Å². The van der Waals surface area contributed by atoms with Crippen LogP contribution in [-0.4, -0.2) is 34.3 Å². The molecule has 100 valence electrons. The van der Waals surface area contributed by atoms with Crippen molar-refractivity contribution in [3.8, 4) is 0 Å². The molecule has 2 heterocycles. The number of piperidine rings is 1. The third-order valence-electron chi connectivity index (χ3n) is 3.60. The zero-order valence-electron chi connectivity index (χ0n) is 11.4. The quantitative estimate of drug-likeness (QED) is 0.836. The molecule has 0 aliphatic carbocycles. The second kappa shape index (κ2) is 5.52. The Morgan fingerprint density at radius 1 is 1.67 bits per heavy atom. The molecule has 2 atom stereocenters. The zero-order chi connectivity index (χ0) is 13.1. The summed E-state index contributed by atoms with van der Waals surface area (Å²) in [7, 11) is 1.82. The van der Waals surface area contributed by atoms with Gasteiger partial charge in [0.2, 0.25) is 0 Å². The summed E-state index contributed by atoms with van der Waals surface area (Å²) in [6.45, 7) is 5.20. The first-order chi connectivity index (χ1) is 8.61. The van der Waals surface area contributed by atoms with E-state index >= 15 is 0 Å². The van der Waals surface area contributed by atoms with Crippen LogP contribution in [0.15, 0.2) is 6.07 Å². The molecule has 0 bridgehead atoms. The predicted octanol–water partition coefficient (Wildman–Crippen LogP) is 0.853. The van der Waals surface area contributed by atoms with Crippen LogP contribution in [0.1, 0.15) is 42.9 Å². The molecule has 1 saturated heterocycles. The van der Waals surface area contributed by atoms with Crippen molar-refractivity contribution < 1.29 is 4.79 Å². The molecule has 1 aliphatic rings. The van der Waals surface area contributed by atoms with Gasteiger partial charge in [-0.15, -0.1) is 0 Å². The minimum atomic E-state index is -0.0229. The van der Waals surface area contributed by atoms with Crippen LogP contribution < -0.4 is 10.6 Å². The van der Waals surface area contributed by atoms with Crippen LogP contribution in [0.25, 0.3) is 0 Å². The lowest BCUT2D eigenvalue weighted by atomic mass is 10.00. The van der Waals surface area contributed by atoms with E-state index in [1.807, 2.05) is 20.0 Å². The average molecular weight is 250 g/mol. The van der Waals surface area contributed by atoms with Crippen LogP contribution in [0, 0.1) is 0 Å². The van der Waals surface area contributed by atoms with E-state index in [1.165, 1.54) is 0 Å². The lowest BCUT2D eigenvalue weighted by molar-refractivity contribution is 0.0910. The van der Waals surface area contributed by atoms with Crippen LogP contribution in [0.2, 0.25) is 0 Å². The maximum atomic E-state index is 12.2. The number of hydrogen-bond donors (Lipinski definition) is 2. The molecule has 18 heavy (non-hydrogen) atoms. The second-order valence-corrected chi connectivity index (χ2v) is 4.96. The van der Waals surface area contributed by atoms with Crippen LogP contribution in [0.4, 0.5) is 0 Å². The number of hydrogen-bond acceptors (Lipinski definition) is 3. The molecule has 2 N–H and O–H groups in total. The molecule has 0 radical (unpaired) electrons. The topological polar surface area (TPSA) is 59.0 Å². The number of aromatic nitrogens is 2. The van der Waals surface area contributed by atoms with E-state index in [4.69, 9.17) is 0 Å². The summed E-state index contributed by atoms with van der Waals surface area (Å²) in [6.07, 6.45) is 3.00. The molecule has 1 fully saturated rings. The first-order valence-electron chi connectivity index (χ1n) is 6.69. The van der Waals surface area contributed by atoms with Crippen molar-refractivity contribution in [1.82, 2.24) is 20.4 Å². The van der Waals surface area contributed by atoms with Gasteiger partial charge in [-0.05, 0) is 38.8 Å². The van der Waals surface area contributed by atoms with E-state index < -0.39 is 0 Å². The molecule has 5 nitrogen and oxygen atoms in total. The van der Waals surface area contributed by atoms with Crippen molar-refractivity contribution in [2.75, 3.05) is 6.54 Å². The van der Waals surface area contributed by atoms with Gasteiger partial charge < -0.3 is 10.6 Å². The van der Waals surface area contributed by atoms with Gasteiger partial charge in [-0.1, -0.05) is 6.92 Å². The number of carbonyl (C=O) groups is 1. The number of rotatable bonds is 3. The van der Waals surface area contributed by atoms with Gasteiger partial charge in [-0.25, -0.2) is 0 Å². The van der Waals surface area contributed by atoms with Gasteiger partial charge in [0, 0.05) is 19.1 Å². The minimum absolute atomic E-state index is 0.0229. The van der Waals surface area contributed by atoms with Crippen molar-refractivity contribution in [1.29, 1.82) is 0 Å². The molecule has 2 unspecified atom stereocenters. The van der Waals surface area contributed by atoms with Crippen LogP contribution in [-0.2, 0) is 13.5 Å². The third kappa shape index (κ3) is 2.72. The Kier molecular flexibility index (Phi) is 4.01. The lowest BCUT2D eigenvalue weighted by Gasteiger charge is -2.30. The summed E-state index contributed by atoms with van der Waals surface area (Å²) in [5.41, 5.74) is 1.60. The molecule has 0 spiro atoms. The molecule has 5 heteroatoms. The van der Waals surface area contributed by atoms with Gasteiger partial charge >= 0.3 is 0 Å². The summed E-state index contributed by atoms with van der Waals surface area (Å²) in [5, 5.41) is 10.8. The summed E-state index contributed by atoms with van der Waals surface area (Å²) in [5.74, 6) is -0.0229. The van der Waals surface area contributed by atoms with E-state index in [0.717, 1.165) is 31.5 Å². The Morgan fingerprint density at radius 2 is 2.44 bits per heavy atom. The second-order valence-electron chi connectivity index (χ2n) is 4.96. The van der Waals surface area contributed by atoms with Gasteiger partial charge in [0.05, 0.1) is 5.69 Å². The molecular formula is C13H22N4O. The third-order valence-corrected chi connectivity index (χ3v) is 3.60. The maximum absolute atomic E-state index is 12.2. The highest BCUT2D eigenvalue weighted by atomic mass is 16.2. The van der Waals surface area contributed by atoms with E-state index in [1.54, 1.807) is 4.68 Å². The van der Waals surface area contributed by atoms with Crippen molar-refractivity contribution in [3.63, 3.8) is 0 Å². The zero-order valence-corrected chi connectivity index (χ0v) is 11.4. The highest BCUT2D eigenvalue weighted by molar-refractivity contribution is 5.92. The smallest absolute Gasteiger partial charge is 0.269 e. The van der Waals surface area contributed by atoms with Crippen LogP contribution in [0.5, 0.6) is 0 Å². The fourth-order valence-electron chi connectivity index (χ4n) is 2.40. The molecular weight excluding hydrogens is 228 g/mol. The van der Waals surface area contributed by atoms with Crippen LogP contribution in [0.3, 0.4) is 0 Å². The number of carbonyl (C=O) groups excluding carboxylic acids is 1. The Bertz CT molecular complexity index is 427. The van der Waals surface area contributed by atoms with Gasteiger partial charge in [0.15, 0.2) is 0 Å². The Morgan fingerprint density at radius 3 is 3.06 bits per heavy atom. The number of aryl methyl sites for hydroxylation is 2. The van der Waals surface area contributed by atoms with Crippen molar-refractivity contribution >= 4 is 5.91 Å². The normalized spacial score (nSPS) is 23.9. The number of nitrogens with one attached hydrogen (secondary N) is 2. The molecule has 1 amide bonds. The van der Waals surface area contributed by atoms with Gasteiger partial charge in [-0.2, -0.15) is 5.10 Å². The Balaban J connectivity index is 2.04. The SMILES string of the molecule is CCc1cc(C(=O)NC2CCCNC2C)n(C)n1. The van der Waals surface area contributed by atoms with Gasteiger partial charge in [-0.3, -0.25) is 9.48 Å². The summed E-state index contributed by atoms with van der Waals surface area (Å²) >= 11 is 0. The first kappa shape index (κ1) is 13.1. The summed E-state index contributed by atoms with van der Waals surface area (Å²) in [4.78, 5) is 12.2. The molecule has 2 rings (SSSR count). The highest BCUT2D eigenvalue weighted by Crippen LogP contribution is 2.10. The van der Waals surface area contributed by atoms with Crippen molar-refractivity contribution in [2.45, 2.75) is 45.2 Å². The standard InChI is InChI=1S/C13H22N4O/c1-4-10-8-12(17(3)16-10)13(18)15-11-6-5-7-14-9(11)2/h8-9,11,14H,4-7H2,1-3H3,(H,15,18). The summed E-state index contributed by atoms with van der Waals surface area (Å²) in [6, 6.07) is 2.42. The fourth-order valence-corrected chi connectivity index (χ4v) is 2.40. The highest BCUT2D eigenvalue weighted by Gasteiger charge is 2.24. The largest absolute Gasteiger partial charge is 0.346 e. The molecule has 0 saturated carbocycles. The average Bonchev–Trinajstić information content (AvgIpc) is 2.73. The number of amides is 1. The monoisotopic (exact) mass is 250 g/mol. The van der Waals surface area contributed by atoms with E-state index in [-0.39, 0.29) is 11.9 Å². The minimum Gasteiger partial charge on any atom is -0.346 e. The lowest BCUT2D eigenvalue weighted by Crippen LogP contribution is -2.52. The van der Waals surface area contributed by atoms with Crippen molar-refractivity contribution in [2.24, 2.45) is 7.05 Å². The first-order valence-corrected chi connectivity index (χ1v) is 6.69. The number of nitrogens with zero attached hydrogens (tertiary/aromatic N) is 2. The Labute approximate surface area is 108 Å².